The molecule has 10 nitrogen and oxygen atoms in total. The molecule has 6 rings (SSSR count). The van der Waals surface area contributed by atoms with E-state index in [1.165, 1.54) is 16.8 Å². The number of fused-ring (bicyclic) bond motifs is 4. The number of hydrogen-bond acceptors (Lipinski definition) is 7. The Labute approximate surface area is 219 Å². The lowest BCUT2D eigenvalue weighted by Crippen LogP contribution is -2.36. The van der Waals surface area contributed by atoms with Crippen LogP contribution in [0.25, 0.3) is 44.1 Å². The van der Waals surface area contributed by atoms with Gasteiger partial charge < -0.3 is 29.6 Å². The third kappa shape index (κ3) is 3.57. The zero-order chi connectivity index (χ0) is 26.7. The highest BCUT2D eigenvalue weighted by molar-refractivity contribution is 6.39. The fourth-order valence-electron chi connectivity index (χ4n) is 5.13. The van der Waals surface area contributed by atoms with Gasteiger partial charge in [0.25, 0.3) is 0 Å². The lowest BCUT2D eigenvalue weighted by Gasteiger charge is -2.31. The Kier molecular flexibility index (Phi) is 5.69. The first-order chi connectivity index (χ1) is 18.3. The van der Waals surface area contributed by atoms with Gasteiger partial charge in [0.05, 0.1) is 45.9 Å². The van der Waals surface area contributed by atoms with E-state index in [9.17, 15) is 19.1 Å². The van der Waals surface area contributed by atoms with Crippen molar-refractivity contribution in [3.05, 3.63) is 57.3 Å². The van der Waals surface area contributed by atoms with Crippen molar-refractivity contribution in [2.75, 3.05) is 43.6 Å². The SMILES string of the molecule is CNc1cc(F)c(Cl)c2c1[nH]c1ncc(-c3cnc4c(c3)c(=O)c(C(=O)O)cn4C)c(N3CCOCC3)c12. The predicted octanol–water partition coefficient (Wildman–Crippen LogP) is 4.00. The highest BCUT2D eigenvalue weighted by Gasteiger charge is 2.26. The van der Waals surface area contributed by atoms with Gasteiger partial charge in [-0.2, -0.15) is 0 Å². The molecular formula is C26H22ClFN6O4. The Bertz CT molecular complexity index is 1840. The number of carboxylic acid groups (broad SMARTS) is 1. The summed E-state index contributed by atoms with van der Waals surface area (Å²) in [5, 5.41) is 13.8. The summed E-state index contributed by atoms with van der Waals surface area (Å²) >= 11 is 6.54. The number of aromatic amines is 1. The molecule has 12 heteroatoms. The number of ether oxygens (including phenoxy) is 1. The van der Waals surface area contributed by atoms with Crippen molar-refractivity contribution in [2.45, 2.75) is 0 Å². The number of nitrogens with zero attached hydrogens (tertiary/aromatic N) is 4. The number of carbonyl (C=O) groups is 1. The van der Waals surface area contributed by atoms with E-state index in [2.05, 4.69) is 25.2 Å². The molecule has 0 spiro atoms. The van der Waals surface area contributed by atoms with Gasteiger partial charge in [-0.05, 0) is 6.07 Å². The molecule has 0 atom stereocenters. The standard InChI is InChI=1S/C26H22ClFN6O4/c1-29-17-8-16(28)20(27)18-19-22(34-3-5-38-6-4-34)14(10-30-24(19)32-21(17)18)12-7-13-23(35)15(26(36)37)11-33(2)25(13)31-9-12/h7-11,29H,3-6H2,1-2H3,(H,30,32)(H,36,37). The highest BCUT2D eigenvalue weighted by Crippen LogP contribution is 2.45. The summed E-state index contributed by atoms with van der Waals surface area (Å²) in [6.07, 6.45) is 4.54. The van der Waals surface area contributed by atoms with Crippen molar-refractivity contribution in [1.82, 2.24) is 19.5 Å². The number of anilines is 2. The molecule has 3 N–H and O–H groups in total. The van der Waals surface area contributed by atoms with Gasteiger partial charge in [0.15, 0.2) is 0 Å². The summed E-state index contributed by atoms with van der Waals surface area (Å²) in [6.45, 7) is 2.12. The van der Waals surface area contributed by atoms with Gasteiger partial charge in [0.1, 0.15) is 22.7 Å². The van der Waals surface area contributed by atoms with E-state index < -0.39 is 17.2 Å². The van der Waals surface area contributed by atoms with Gasteiger partial charge in [-0.15, -0.1) is 0 Å². The number of rotatable bonds is 4. The molecule has 1 saturated heterocycles. The molecule has 4 aromatic heterocycles. The quantitative estimate of drug-likeness (QED) is 0.315. The summed E-state index contributed by atoms with van der Waals surface area (Å²) in [5.74, 6) is -1.88. The minimum Gasteiger partial charge on any atom is -0.477 e. The lowest BCUT2D eigenvalue weighted by molar-refractivity contribution is 0.0695. The van der Waals surface area contributed by atoms with Crippen LogP contribution in [-0.2, 0) is 11.8 Å². The number of halogens is 2. The molecule has 1 aliphatic heterocycles. The molecule has 38 heavy (non-hydrogen) atoms. The van der Waals surface area contributed by atoms with Crippen LogP contribution >= 0.6 is 11.6 Å². The zero-order valence-electron chi connectivity index (χ0n) is 20.4. The topological polar surface area (TPSA) is 125 Å². The molecule has 0 amide bonds. The monoisotopic (exact) mass is 536 g/mol. The molecule has 0 saturated carbocycles. The van der Waals surface area contributed by atoms with E-state index >= 15 is 0 Å². The maximum atomic E-state index is 14.9. The minimum atomic E-state index is -1.31. The number of nitrogens with one attached hydrogen (secondary N) is 2. The molecule has 194 valence electrons. The first kappa shape index (κ1) is 24.1. The van der Waals surface area contributed by atoms with Crippen molar-refractivity contribution in [3.63, 3.8) is 0 Å². The third-order valence-corrected chi connectivity index (χ3v) is 7.28. The van der Waals surface area contributed by atoms with E-state index in [-0.39, 0.29) is 16.0 Å². The third-order valence-electron chi connectivity index (χ3n) is 6.92. The van der Waals surface area contributed by atoms with Crippen LogP contribution in [0.15, 0.2) is 35.5 Å². The second kappa shape index (κ2) is 8.96. The van der Waals surface area contributed by atoms with Crippen LogP contribution in [0.1, 0.15) is 10.4 Å². The number of aryl methyl sites for hydroxylation is 1. The van der Waals surface area contributed by atoms with Gasteiger partial charge in [-0.25, -0.2) is 19.2 Å². The summed E-state index contributed by atoms with van der Waals surface area (Å²) < 4.78 is 22.0. The smallest absolute Gasteiger partial charge is 0.341 e. The molecule has 1 fully saturated rings. The number of aromatic nitrogens is 4. The van der Waals surface area contributed by atoms with Crippen LogP contribution in [0.2, 0.25) is 5.02 Å². The molecule has 0 radical (unpaired) electrons. The van der Waals surface area contributed by atoms with E-state index in [4.69, 9.17) is 16.3 Å². The maximum absolute atomic E-state index is 14.9. The maximum Gasteiger partial charge on any atom is 0.341 e. The van der Waals surface area contributed by atoms with Crippen molar-refractivity contribution >= 4 is 61.9 Å². The molecule has 5 heterocycles. The van der Waals surface area contributed by atoms with Crippen LogP contribution in [0.3, 0.4) is 0 Å². The van der Waals surface area contributed by atoms with Crippen LogP contribution in [0, 0.1) is 5.82 Å². The van der Waals surface area contributed by atoms with Crippen molar-refractivity contribution < 1.29 is 19.0 Å². The fourth-order valence-corrected chi connectivity index (χ4v) is 5.37. The van der Waals surface area contributed by atoms with Crippen LogP contribution in [0.4, 0.5) is 15.8 Å². The van der Waals surface area contributed by atoms with E-state index in [1.54, 1.807) is 32.6 Å². The molecule has 0 unspecified atom stereocenters. The normalized spacial score (nSPS) is 14.1. The summed E-state index contributed by atoms with van der Waals surface area (Å²) in [7, 11) is 3.33. The minimum absolute atomic E-state index is 0.0321. The second-order valence-electron chi connectivity index (χ2n) is 9.07. The number of hydrogen-bond donors (Lipinski definition) is 3. The van der Waals surface area contributed by atoms with Crippen LogP contribution < -0.4 is 15.6 Å². The first-order valence-electron chi connectivity index (χ1n) is 11.9. The van der Waals surface area contributed by atoms with Crippen molar-refractivity contribution in [2.24, 2.45) is 7.05 Å². The van der Waals surface area contributed by atoms with Crippen LogP contribution in [0.5, 0.6) is 0 Å². The summed E-state index contributed by atoms with van der Waals surface area (Å²) in [4.78, 5) is 39.2. The predicted molar refractivity (Wildman–Crippen MR) is 144 cm³/mol. The van der Waals surface area contributed by atoms with Gasteiger partial charge in [-0.3, -0.25) is 4.79 Å². The second-order valence-corrected chi connectivity index (χ2v) is 9.45. The van der Waals surface area contributed by atoms with Gasteiger partial charge >= 0.3 is 5.97 Å². The Hall–Kier alpha value is -4.22. The van der Waals surface area contributed by atoms with Gasteiger partial charge in [-0.1, -0.05) is 11.6 Å². The number of benzene rings is 1. The Morgan fingerprint density at radius 1 is 1.21 bits per heavy atom. The highest BCUT2D eigenvalue weighted by atomic mass is 35.5. The van der Waals surface area contributed by atoms with Gasteiger partial charge in [0, 0.05) is 68.4 Å². The average molecular weight is 537 g/mol. The van der Waals surface area contributed by atoms with Crippen molar-refractivity contribution in [3.8, 4) is 11.1 Å². The Morgan fingerprint density at radius 2 is 1.97 bits per heavy atom. The zero-order valence-corrected chi connectivity index (χ0v) is 21.2. The number of pyridine rings is 3. The number of morpholine rings is 1. The first-order valence-corrected chi connectivity index (χ1v) is 12.2. The Balaban J connectivity index is 1.72. The Morgan fingerprint density at radius 3 is 2.68 bits per heavy atom. The number of aromatic carboxylic acids is 1. The molecule has 1 aliphatic rings. The van der Waals surface area contributed by atoms with E-state index in [0.717, 1.165) is 5.69 Å². The molecule has 1 aromatic carbocycles. The number of H-pyrrole nitrogens is 1. The van der Waals surface area contributed by atoms with E-state index in [1.807, 2.05) is 0 Å². The van der Waals surface area contributed by atoms with Crippen LogP contribution in [-0.4, -0.2) is 63.9 Å². The molecule has 5 aromatic rings. The number of carboxylic acids is 1. The molecular weight excluding hydrogens is 515 g/mol. The lowest BCUT2D eigenvalue weighted by atomic mass is 10.0. The average Bonchev–Trinajstić information content (AvgIpc) is 3.32. The largest absolute Gasteiger partial charge is 0.477 e. The van der Waals surface area contributed by atoms with Crippen molar-refractivity contribution in [1.29, 1.82) is 0 Å². The molecule has 0 bridgehead atoms. The molecule has 0 aliphatic carbocycles. The summed E-state index contributed by atoms with van der Waals surface area (Å²) in [5.41, 5.74) is 2.99. The fraction of sp³-hybridized carbons (Fsp3) is 0.231. The summed E-state index contributed by atoms with van der Waals surface area (Å²) in [6, 6.07) is 2.96. The van der Waals surface area contributed by atoms with Gasteiger partial charge in [0.2, 0.25) is 5.43 Å². The van der Waals surface area contributed by atoms with E-state index in [0.29, 0.717) is 70.7 Å².